The van der Waals surface area contributed by atoms with E-state index >= 15 is 0 Å². The lowest BCUT2D eigenvalue weighted by molar-refractivity contribution is -0.130. The van der Waals surface area contributed by atoms with E-state index < -0.39 is 23.3 Å². The van der Waals surface area contributed by atoms with Gasteiger partial charge in [-0.05, 0) is 59.2 Å². The van der Waals surface area contributed by atoms with Gasteiger partial charge in [0.05, 0.1) is 17.3 Å². The number of hydrogen-bond acceptors (Lipinski definition) is 5. The first-order valence-corrected chi connectivity index (χ1v) is 12.6. The van der Waals surface area contributed by atoms with Gasteiger partial charge in [-0.1, -0.05) is 24.3 Å². The summed E-state index contributed by atoms with van der Waals surface area (Å²) < 4.78 is 22.0. The molecule has 0 aliphatic carbocycles. The van der Waals surface area contributed by atoms with E-state index in [0.29, 0.717) is 24.5 Å². The summed E-state index contributed by atoms with van der Waals surface area (Å²) in [5.74, 6) is 0.106. The van der Waals surface area contributed by atoms with Gasteiger partial charge in [-0.25, -0.2) is 14.2 Å². The number of piperazine rings is 1. The lowest BCUT2D eigenvalue weighted by atomic mass is 10.0. The standard InChI is InChI=1S/C28H36FN5O3/c1-19-10-9-13-34-22(19)16-30-25(34)28(5,6)31-24(35)23-18-33(26(36)37-27(2,3)4)15-14-32(23)17-20-11-7-8-12-21(20)29/h7-13,16,23H,14-15,17-18H2,1-6H3,(H,31,35)/t23-/m0/s1. The second-order valence-electron chi connectivity index (χ2n) is 11.1. The molecule has 0 radical (unpaired) electrons. The van der Waals surface area contributed by atoms with Crippen LogP contribution in [0.4, 0.5) is 9.18 Å². The van der Waals surface area contributed by atoms with E-state index in [1.807, 2.05) is 69.2 Å². The average molecular weight is 510 g/mol. The van der Waals surface area contributed by atoms with E-state index in [4.69, 9.17) is 4.74 Å². The van der Waals surface area contributed by atoms with Crippen molar-refractivity contribution in [2.24, 2.45) is 0 Å². The minimum Gasteiger partial charge on any atom is -0.444 e. The highest BCUT2D eigenvalue weighted by atomic mass is 19.1. The van der Waals surface area contributed by atoms with Crippen molar-refractivity contribution in [3.63, 3.8) is 0 Å². The minimum absolute atomic E-state index is 0.132. The Morgan fingerprint density at radius 2 is 1.84 bits per heavy atom. The fraction of sp³-hybridized carbons (Fsp3) is 0.464. The molecule has 3 aromatic rings. The number of ether oxygens (including phenoxy) is 1. The average Bonchev–Trinajstić information content (AvgIpc) is 3.26. The van der Waals surface area contributed by atoms with Crippen LogP contribution in [0.15, 0.2) is 48.8 Å². The van der Waals surface area contributed by atoms with Gasteiger partial charge < -0.3 is 19.4 Å². The van der Waals surface area contributed by atoms with Gasteiger partial charge in [0, 0.05) is 37.9 Å². The number of carbonyl (C=O) groups is 2. The van der Waals surface area contributed by atoms with Crippen molar-refractivity contribution in [3.05, 3.63) is 71.6 Å². The molecule has 9 heteroatoms. The Balaban J connectivity index is 1.59. The van der Waals surface area contributed by atoms with Crippen LogP contribution in [0.5, 0.6) is 0 Å². The van der Waals surface area contributed by atoms with E-state index in [-0.39, 0.29) is 24.8 Å². The molecule has 2 aromatic heterocycles. The summed E-state index contributed by atoms with van der Waals surface area (Å²) in [4.78, 5) is 34.7. The Hall–Kier alpha value is -3.46. The van der Waals surface area contributed by atoms with Gasteiger partial charge in [0.25, 0.3) is 0 Å². The van der Waals surface area contributed by atoms with E-state index in [9.17, 15) is 14.0 Å². The Morgan fingerprint density at radius 3 is 2.54 bits per heavy atom. The smallest absolute Gasteiger partial charge is 0.410 e. The summed E-state index contributed by atoms with van der Waals surface area (Å²) in [7, 11) is 0. The molecule has 1 aromatic carbocycles. The number of rotatable bonds is 5. The molecule has 1 N–H and O–H groups in total. The first-order valence-electron chi connectivity index (χ1n) is 12.6. The van der Waals surface area contributed by atoms with Crippen molar-refractivity contribution in [1.82, 2.24) is 24.5 Å². The van der Waals surface area contributed by atoms with Gasteiger partial charge in [0.1, 0.15) is 23.3 Å². The molecule has 0 saturated carbocycles. The van der Waals surface area contributed by atoms with E-state index in [2.05, 4.69) is 10.3 Å². The molecule has 198 valence electrons. The van der Waals surface area contributed by atoms with Crippen LogP contribution in [0, 0.1) is 12.7 Å². The predicted octanol–water partition coefficient (Wildman–Crippen LogP) is 4.25. The number of imidazole rings is 1. The van der Waals surface area contributed by atoms with Crippen LogP contribution in [-0.4, -0.2) is 62.5 Å². The fourth-order valence-corrected chi connectivity index (χ4v) is 4.67. The van der Waals surface area contributed by atoms with Gasteiger partial charge in [-0.15, -0.1) is 0 Å². The monoisotopic (exact) mass is 509 g/mol. The molecule has 0 unspecified atom stereocenters. The third-order valence-corrected chi connectivity index (χ3v) is 6.55. The highest BCUT2D eigenvalue weighted by molar-refractivity contribution is 5.84. The zero-order valence-electron chi connectivity index (χ0n) is 22.4. The Morgan fingerprint density at radius 1 is 1.11 bits per heavy atom. The van der Waals surface area contributed by atoms with Crippen LogP contribution in [0.3, 0.4) is 0 Å². The molecule has 1 atom stereocenters. The van der Waals surface area contributed by atoms with Crippen LogP contribution >= 0.6 is 0 Å². The maximum absolute atomic E-state index is 14.5. The van der Waals surface area contributed by atoms with Crippen molar-refractivity contribution >= 4 is 17.5 Å². The fourth-order valence-electron chi connectivity index (χ4n) is 4.67. The summed E-state index contributed by atoms with van der Waals surface area (Å²) in [6, 6.07) is 9.81. The summed E-state index contributed by atoms with van der Waals surface area (Å²) >= 11 is 0. The number of carbonyl (C=O) groups excluding carboxylic acids is 2. The molecule has 2 amide bonds. The second-order valence-corrected chi connectivity index (χ2v) is 11.1. The lowest BCUT2D eigenvalue weighted by Gasteiger charge is -2.41. The predicted molar refractivity (Wildman–Crippen MR) is 140 cm³/mol. The number of benzene rings is 1. The van der Waals surface area contributed by atoms with Crippen molar-refractivity contribution in [2.75, 3.05) is 19.6 Å². The minimum atomic E-state index is -0.810. The number of pyridine rings is 1. The van der Waals surface area contributed by atoms with Gasteiger partial charge in [0.15, 0.2) is 0 Å². The number of aromatic nitrogens is 2. The number of amides is 2. The zero-order valence-corrected chi connectivity index (χ0v) is 22.4. The third-order valence-electron chi connectivity index (χ3n) is 6.55. The lowest BCUT2D eigenvalue weighted by Crippen LogP contribution is -2.61. The molecule has 0 bridgehead atoms. The van der Waals surface area contributed by atoms with E-state index in [1.54, 1.807) is 29.3 Å². The highest BCUT2D eigenvalue weighted by Crippen LogP contribution is 2.24. The van der Waals surface area contributed by atoms with Crippen molar-refractivity contribution in [1.29, 1.82) is 0 Å². The largest absolute Gasteiger partial charge is 0.444 e. The Kier molecular flexibility index (Phi) is 7.28. The van der Waals surface area contributed by atoms with Crippen molar-refractivity contribution in [2.45, 2.75) is 65.3 Å². The third kappa shape index (κ3) is 5.93. The maximum Gasteiger partial charge on any atom is 0.410 e. The summed E-state index contributed by atoms with van der Waals surface area (Å²) in [5.41, 5.74) is 1.09. The zero-order chi connectivity index (χ0) is 27.0. The molecule has 1 aliphatic rings. The molecule has 8 nitrogen and oxygen atoms in total. The summed E-state index contributed by atoms with van der Waals surface area (Å²) in [6.45, 7) is 12.4. The number of nitrogens with zero attached hydrogens (tertiary/aromatic N) is 4. The maximum atomic E-state index is 14.5. The molecule has 37 heavy (non-hydrogen) atoms. The molecular formula is C28H36FN5O3. The molecule has 1 aliphatic heterocycles. The van der Waals surface area contributed by atoms with Crippen molar-refractivity contribution < 1.29 is 18.7 Å². The molecular weight excluding hydrogens is 473 g/mol. The van der Waals surface area contributed by atoms with Crippen LogP contribution in [0.1, 0.15) is 51.6 Å². The van der Waals surface area contributed by atoms with Gasteiger partial charge in [-0.2, -0.15) is 0 Å². The molecule has 3 heterocycles. The van der Waals surface area contributed by atoms with E-state index in [1.165, 1.54) is 6.07 Å². The molecule has 1 saturated heterocycles. The number of halogens is 1. The summed E-state index contributed by atoms with van der Waals surface area (Å²) in [5, 5.41) is 3.14. The normalized spacial score (nSPS) is 17.2. The first-order chi connectivity index (χ1) is 17.4. The van der Waals surface area contributed by atoms with Gasteiger partial charge in [-0.3, -0.25) is 9.69 Å². The SMILES string of the molecule is Cc1cccn2c(C(C)(C)NC(=O)[C@@H]3CN(C(=O)OC(C)(C)C)CCN3Cc3ccccc3F)ncc12. The molecule has 1 fully saturated rings. The number of nitrogens with one attached hydrogen (secondary N) is 1. The number of fused-ring (bicyclic) bond motifs is 1. The first kappa shape index (κ1) is 26.6. The molecule has 4 rings (SSSR count). The highest BCUT2D eigenvalue weighted by Gasteiger charge is 2.39. The molecule has 0 spiro atoms. The van der Waals surface area contributed by atoms with Gasteiger partial charge in [0.2, 0.25) is 5.91 Å². The Labute approximate surface area is 217 Å². The van der Waals surface area contributed by atoms with E-state index in [0.717, 1.165) is 11.1 Å². The van der Waals surface area contributed by atoms with Crippen LogP contribution in [0.25, 0.3) is 5.52 Å². The van der Waals surface area contributed by atoms with Crippen LogP contribution in [-0.2, 0) is 21.6 Å². The van der Waals surface area contributed by atoms with Gasteiger partial charge >= 0.3 is 6.09 Å². The second kappa shape index (κ2) is 10.1. The quantitative estimate of drug-likeness (QED) is 0.556. The number of hydrogen-bond donors (Lipinski definition) is 1. The Bertz CT molecular complexity index is 1300. The topological polar surface area (TPSA) is 79.2 Å². The van der Waals surface area contributed by atoms with Crippen molar-refractivity contribution in [3.8, 4) is 0 Å². The van der Waals surface area contributed by atoms with Crippen LogP contribution in [0.2, 0.25) is 0 Å². The van der Waals surface area contributed by atoms with Crippen LogP contribution < -0.4 is 5.32 Å². The number of aryl methyl sites for hydroxylation is 1. The summed E-state index contributed by atoms with van der Waals surface area (Å²) in [6.07, 6.45) is 3.26.